The molecule has 1 fully saturated rings. The smallest absolute Gasteiger partial charge is 0.319 e. The molecule has 1 aliphatic rings. The number of amides is 2. The zero-order valence-corrected chi connectivity index (χ0v) is 12.8. The van der Waals surface area contributed by atoms with Gasteiger partial charge < -0.3 is 15.5 Å². The van der Waals surface area contributed by atoms with Crippen LogP contribution < -0.4 is 10.6 Å². The molecular formula is C16H24FN3O. The zero-order chi connectivity index (χ0) is 15.2. The van der Waals surface area contributed by atoms with Gasteiger partial charge in [-0.3, -0.25) is 0 Å². The van der Waals surface area contributed by atoms with E-state index in [9.17, 15) is 9.18 Å². The average Bonchev–Trinajstić information content (AvgIpc) is 2.95. The maximum absolute atomic E-state index is 13.5. The van der Waals surface area contributed by atoms with E-state index in [2.05, 4.69) is 22.5 Å². The molecule has 116 valence electrons. The summed E-state index contributed by atoms with van der Waals surface area (Å²) < 4.78 is 13.5. The second-order valence-corrected chi connectivity index (χ2v) is 5.68. The number of nitrogens with one attached hydrogen (secondary N) is 2. The summed E-state index contributed by atoms with van der Waals surface area (Å²) in [7, 11) is 0. The molecule has 1 heterocycles. The van der Waals surface area contributed by atoms with E-state index in [0.717, 1.165) is 26.1 Å². The van der Waals surface area contributed by atoms with Crippen LogP contribution in [0, 0.1) is 12.7 Å². The fourth-order valence-corrected chi connectivity index (χ4v) is 2.58. The number of carbonyl (C=O) groups is 1. The van der Waals surface area contributed by atoms with Gasteiger partial charge in [0, 0.05) is 18.3 Å². The zero-order valence-electron chi connectivity index (χ0n) is 12.8. The molecule has 21 heavy (non-hydrogen) atoms. The monoisotopic (exact) mass is 293 g/mol. The standard InChI is InChI=1S/C16H24FN3O/c1-3-13(11-20-8-4-5-9-20)18-16(21)19-14-7-6-12(2)15(17)10-14/h6-7,10,13H,3-5,8-9,11H2,1-2H3,(H2,18,19,21). The molecule has 0 saturated carbocycles. The number of benzene rings is 1. The first kappa shape index (κ1) is 15.8. The van der Waals surface area contributed by atoms with Crippen molar-refractivity contribution in [3.05, 3.63) is 29.6 Å². The van der Waals surface area contributed by atoms with Crippen LogP contribution in [0.15, 0.2) is 18.2 Å². The summed E-state index contributed by atoms with van der Waals surface area (Å²) in [6.45, 7) is 6.87. The van der Waals surface area contributed by atoms with E-state index in [1.165, 1.54) is 18.9 Å². The Kier molecular flexibility index (Phi) is 5.56. The van der Waals surface area contributed by atoms with Crippen LogP contribution in [-0.4, -0.2) is 36.6 Å². The molecule has 0 radical (unpaired) electrons. The highest BCUT2D eigenvalue weighted by molar-refractivity contribution is 5.89. The van der Waals surface area contributed by atoms with Crippen LogP contribution in [-0.2, 0) is 0 Å². The Morgan fingerprint density at radius 3 is 2.71 bits per heavy atom. The topological polar surface area (TPSA) is 44.4 Å². The molecule has 2 rings (SSSR count). The van der Waals surface area contributed by atoms with Gasteiger partial charge in [0.15, 0.2) is 0 Å². The SMILES string of the molecule is CCC(CN1CCCC1)NC(=O)Nc1ccc(C)c(F)c1. The highest BCUT2D eigenvalue weighted by Crippen LogP contribution is 2.13. The van der Waals surface area contributed by atoms with E-state index in [4.69, 9.17) is 0 Å². The van der Waals surface area contributed by atoms with Gasteiger partial charge in [0.1, 0.15) is 5.82 Å². The van der Waals surface area contributed by atoms with Crippen LogP contribution in [0.25, 0.3) is 0 Å². The van der Waals surface area contributed by atoms with E-state index in [-0.39, 0.29) is 17.9 Å². The fraction of sp³-hybridized carbons (Fsp3) is 0.562. The van der Waals surface area contributed by atoms with Gasteiger partial charge in [-0.1, -0.05) is 13.0 Å². The highest BCUT2D eigenvalue weighted by Gasteiger charge is 2.18. The molecule has 1 aliphatic heterocycles. The first-order valence-corrected chi connectivity index (χ1v) is 7.64. The Labute approximate surface area is 125 Å². The van der Waals surface area contributed by atoms with Crippen molar-refractivity contribution < 1.29 is 9.18 Å². The number of urea groups is 1. The Balaban J connectivity index is 1.85. The molecule has 0 aliphatic carbocycles. The molecule has 4 nitrogen and oxygen atoms in total. The fourth-order valence-electron chi connectivity index (χ4n) is 2.58. The van der Waals surface area contributed by atoms with Gasteiger partial charge in [0.25, 0.3) is 0 Å². The summed E-state index contributed by atoms with van der Waals surface area (Å²) in [5.74, 6) is -0.308. The second kappa shape index (κ2) is 7.41. The molecule has 2 amide bonds. The van der Waals surface area contributed by atoms with Crippen molar-refractivity contribution in [2.75, 3.05) is 25.0 Å². The number of hydrogen-bond acceptors (Lipinski definition) is 2. The summed E-state index contributed by atoms with van der Waals surface area (Å²) >= 11 is 0. The van der Waals surface area contributed by atoms with Crippen molar-refractivity contribution in [3.8, 4) is 0 Å². The number of anilines is 1. The van der Waals surface area contributed by atoms with Gasteiger partial charge in [0.05, 0.1) is 0 Å². The van der Waals surface area contributed by atoms with Crippen LogP contribution in [0.1, 0.15) is 31.7 Å². The summed E-state index contributed by atoms with van der Waals surface area (Å²) in [4.78, 5) is 14.4. The minimum atomic E-state index is -0.308. The lowest BCUT2D eigenvalue weighted by Crippen LogP contribution is -2.44. The molecule has 1 aromatic carbocycles. The van der Waals surface area contributed by atoms with E-state index in [0.29, 0.717) is 11.3 Å². The van der Waals surface area contributed by atoms with Gasteiger partial charge in [-0.15, -0.1) is 0 Å². The molecule has 1 unspecified atom stereocenters. The first-order chi connectivity index (χ1) is 10.1. The number of hydrogen-bond donors (Lipinski definition) is 2. The molecule has 0 aromatic heterocycles. The van der Waals surface area contributed by atoms with Crippen molar-refractivity contribution in [1.29, 1.82) is 0 Å². The maximum Gasteiger partial charge on any atom is 0.319 e. The van der Waals surface area contributed by atoms with Gasteiger partial charge in [0.2, 0.25) is 0 Å². The molecule has 1 saturated heterocycles. The van der Waals surface area contributed by atoms with Crippen molar-refractivity contribution in [1.82, 2.24) is 10.2 Å². The molecule has 0 bridgehead atoms. The summed E-state index contributed by atoms with van der Waals surface area (Å²) in [5, 5.41) is 5.65. The Hall–Kier alpha value is -1.62. The molecule has 2 N–H and O–H groups in total. The quantitative estimate of drug-likeness (QED) is 0.876. The van der Waals surface area contributed by atoms with Crippen LogP contribution in [0.3, 0.4) is 0 Å². The third-order valence-electron chi connectivity index (χ3n) is 3.93. The van der Waals surface area contributed by atoms with Gasteiger partial charge in [-0.25, -0.2) is 9.18 Å². The highest BCUT2D eigenvalue weighted by atomic mass is 19.1. The molecule has 1 aromatic rings. The van der Waals surface area contributed by atoms with Gasteiger partial charge in [-0.05, 0) is 57.0 Å². The van der Waals surface area contributed by atoms with Crippen LogP contribution >= 0.6 is 0 Å². The minimum absolute atomic E-state index is 0.124. The normalized spacial score (nSPS) is 16.7. The van der Waals surface area contributed by atoms with E-state index in [1.807, 2.05) is 0 Å². The number of rotatable bonds is 5. The van der Waals surface area contributed by atoms with Crippen molar-refractivity contribution in [2.45, 2.75) is 39.2 Å². The summed E-state index contributed by atoms with van der Waals surface area (Å²) in [6.07, 6.45) is 3.36. The minimum Gasteiger partial charge on any atom is -0.334 e. The molecule has 5 heteroatoms. The maximum atomic E-state index is 13.5. The summed E-state index contributed by atoms with van der Waals surface area (Å²) in [6, 6.07) is 4.56. The first-order valence-electron chi connectivity index (χ1n) is 7.64. The van der Waals surface area contributed by atoms with Crippen LogP contribution in [0.5, 0.6) is 0 Å². The van der Waals surface area contributed by atoms with Gasteiger partial charge >= 0.3 is 6.03 Å². The second-order valence-electron chi connectivity index (χ2n) is 5.68. The predicted octanol–water partition coefficient (Wildman–Crippen LogP) is 3.13. The number of nitrogens with zero attached hydrogens (tertiary/aromatic N) is 1. The lowest BCUT2D eigenvalue weighted by atomic mass is 10.2. The lowest BCUT2D eigenvalue weighted by Gasteiger charge is -2.23. The number of likely N-dealkylation sites (tertiary alicyclic amines) is 1. The molecule has 1 atom stereocenters. The van der Waals surface area contributed by atoms with Crippen LogP contribution in [0.4, 0.5) is 14.9 Å². The van der Waals surface area contributed by atoms with E-state index >= 15 is 0 Å². The van der Waals surface area contributed by atoms with Crippen molar-refractivity contribution in [3.63, 3.8) is 0 Å². The van der Waals surface area contributed by atoms with E-state index < -0.39 is 0 Å². The predicted molar refractivity (Wildman–Crippen MR) is 83.0 cm³/mol. The summed E-state index contributed by atoms with van der Waals surface area (Å²) in [5.41, 5.74) is 1.05. The lowest BCUT2D eigenvalue weighted by molar-refractivity contribution is 0.239. The number of halogens is 1. The van der Waals surface area contributed by atoms with Crippen molar-refractivity contribution in [2.24, 2.45) is 0 Å². The van der Waals surface area contributed by atoms with E-state index in [1.54, 1.807) is 19.1 Å². The number of carbonyl (C=O) groups excluding carboxylic acids is 1. The Bertz CT molecular complexity index is 486. The van der Waals surface area contributed by atoms with Gasteiger partial charge in [-0.2, -0.15) is 0 Å². The van der Waals surface area contributed by atoms with Crippen LogP contribution in [0.2, 0.25) is 0 Å². The third-order valence-corrected chi connectivity index (χ3v) is 3.93. The molecule has 0 spiro atoms. The Morgan fingerprint density at radius 1 is 1.38 bits per heavy atom. The Morgan fingerprint density at radius 2 is 2.10 bits per heavy atom. The average molecular weight is 293 g/mol. The molecular weight excluding hydrogens is 269 g/mol. The number of aryl methyl sites for hydroxylation is 1. The third kappa shape index (κ3) is 4.70. The van der Waals surface area contributed by atoms with Crippen molar-refractivity contribution >= 4 is 11.7 Å². The largest absolute Gasteiger partial charge is 0.334 e.